The highest BCUT2D eigenvalue weighted by Crippen LogP contribution is 2.19. The van der Waals surface area contributed by atoms with Crippen LogP contribution >= 0.6 is 11.8 Å². The lowest BCUT2D eigenvalue weighted by Gasteiger charge is -2.09. The van der Waals surface area contributed by atoms with Gasteiger partial charge in [0.2, 0.25) is 11.8 Å². The van der Waals surface area contributed by atoms with Gasteiger partial charge in [-0.3, -0.25) is 9.59 Å². The molecule has 0 fully saturated rings. The van der Waals surface area contributed by atoms with Gasteiger partial charge in [-0.15, -0.1) is 16.8 Å². The molecule has 0 spiro atoms. The molecule has 0 bridgehead atoms. The number of ether oxygens (including phenoxy) is 1. The van der Waals surface area contributed by atoms with Gasteiger partial charge in [-0.25, -0.2) is 0 Å². The fourth-order valence-electron chi connectivity index (χ4n) is 3.04. The first kappa shape index (κ1) is 24.1. The molecule has 1 aromatic heterocycles. The van der Waals surface area contributed by atoms with Crippen LogP contribution in [0.4, 0.5) is 11.4 Å². The predicted molar refractivity (Wildman–Crippen MR) is 131 cm³/mol. The highest BCUT2D eigenvalue weighted by molar-refractivity contribution is 7.99. The van der Waals surface area contributed by atoms with E-state index < -0.39 is 0 Å². The van der Waals surface area contributed by atoms with Crippen LogP contribution in [0.3, 0.4) is 0 Å². The monoisotopic (exact) mass is 465 g/mol. The van der Waals surface area contributed by atoms with Crippen LogP contribution in [-0.4, -0.2) is 39.4 Å². The van der Waals surface area contributed by atoms with Crippen molar-refractivity contribution in [2.45, 2.75) is 31.5 Å². The average molecular weight is 466 g/mol. The van der Waals surface area contributed by atoms with Gasteiger partial charge < -0.3 is 19.9 Å². The van der Waals surface area contributed by atoms with Crippen LogP contribution in [0.25, 0.3) is 0 Å². The number of rotatable bonds is 11. The highest BCUT2D eigenvalue weighted by Gasteiger charge is 2.16. The largest absolute Gasteiger partial charge is 0.497 e. The van der Waals surface area contributed by atoms with Gasteiger partial charge in [0.05, 0.1) is 19.3 Å². The SMILES string of the molecule is C=CCn1c(CC(=O)Nc2ccc(OC)cc2)nnc1SCC(=O)Nc1ccc(CC)cc1. The van der Waals surface area contributed by atoms with Crippen LogP contribution in [0.1, 0.15) is 18.3 Å². The van der Waals surface area contributed by atoms with Gasteiger partial charge in [-0.1, -0.05) is 36.9 Å². The number of aromatic nitrogens is 3. The summed E-state index contributed by atoms with van der Waals surface area (Å²) in [6, 6.07) is 14.8. The third-order valence-corrected chi connectivity index (χ3v) is 5.74. The molecule has 0 saturated heterocycles. The van der Waals surface area contributed by atoms with Crippen molar-refractivity contribution >= 4 is 35.0 Å². The molecule has 0 aliphatic heterocycles. The molecule has 172 valence electrons. The van der Waals surface area contributed by atoms with E-state index in [1.807, 2.05) is 24.3 Å². The van der Waals surface area contributed by atoms with E-state index in [-0.39, 0.29) is 24.0 Å². The molecule has 0 radical (unpaired) electrons. The lowest BCUT2D eigenvalue weighted by Crippen LogP contribution is -2.18. The van der Waals surface area contributed by atoms with Gasteiger partial charge in [0.25, 0.3) is 0 Å². The number of aryl methyl sites for hydroxylation is 1. The van der Waals surface area contributed by atoms with E-state index in [1.165, 1.54) is 17.3 Å². The zero-order chi connectivity index (χ0) is 23.6. The molecule has 8 nitrogen and oxygen atoms in total. The summed E-state index contributed by atoms with van der Waals surface area (Å²) in [7, 11) is 1.59. The molecule has 2 aromatic carbocycles. The topological polar surface area (TPSA) is 98.1 Å². The number of hydrogen-bond acceptors (Lipinski definition) is 6. The Morgan fingerprint density at radius 1 is 1.03 bits per heavy atom. The molecule has 0 aliphatic carbocycles. The predicted octanol–water partition coefficient (Wildman–Crippen LogP) is 3.95. The molecule has 33 heavy (non-hydrogen) atoms. The number of anilines is 2. The number of amides is 2. The lowest BCUT2D eigenvalue weighted by molar-refractivity contribution is -0.116. The van der Waals surface area contributed by atoms with E-state index in [9.17, 15) is 9.59 Å². The maximum atomic E-state index is 12.5. The second-order valence-electron chi connectivity index (χ2n) is 7.14. The highest BCUT2D eigenvalue weighted by atomic mass is 32.2. The average Bonchev–Trinajstić information content (AvgIpc) is 3.20. The van der Waals surface area contributed by atoms with Crippen molar-refractivity contribution in [3.63, 3.8) is 0 Å². The van der Waals surface area contributed by atoms with E-state index in [0.717, 1.165) is 12.1 Å². The molecule has 3 aromatic rings. The maximum absolute atomic E-state index is 12.5. The van der Waals surface area contributed by atoms with Crippen LogP contribution in [-0.2, 0) is 29.0 Å². The van der Waals surface area contributed by atoms with Crippen molar-refractivity contribution < 1.29 is 14.3 Å². The Labute approximate surface area is 197 Å². The Hall–Kier alpha value is -3.59. The summed E-state index contributed by atoms with van der Waals surface area (Å²) in [5.74, 6) is 1.02. The van der Waals surface area contributed by atoms with Crippen molar-refractivity contribution in [1.82, 2.24) is 14.8 Å². The van der Waals surface area contributed by atoms with E-state index in [1.54, 1.807) is 42.0 Å². The Kier molecular flexibility index (Phi) is 8.65. The zero-order valence-corrected chi connectivity index (χ0v) is 19.5. The number of carbonyl (C=O) groups excluding carboxylic acids is 2. The fraction of sp³-hybridized carbons (Fsp3) is 0.250. The molecule has 0 unspecified atom stereocenters. The van der Waals surface area contributed by atoms with Gasteiger partial charge in [0.15, 0.2) is 5.16 Å². The van der Waals surface area contributed by atoms with Gasteiger partial charge in [-0.2, -0.15) is 0 Å². The molecule has 2 amide bonds. The third-order valence-electron chi connectivity index (χ3n) is 4.78. The summed E-state index contributed by atoms with van der Waals surface area (Å²) in [5, 5.41) is 14.6. The molecule has 2 N–H and O–H groups in total. The van der Waals surface area contributed by atoms with E-state index in [0.29, 0.717) is 29.0 Å². The second kappa shape index (κ2) is 11.9. The standard InChI is InChI=1S/C24H27N5O3S/c1-4-14-29-21(15-22(30)25-19-10-12-20(32-3)13-11-19)27-28-24(29)33-16-23(31)26-18-8-6-17(5-2)7-9-18/h4,6-13H,1,5,14-16H2,2-3H3,(H,25,30)(H,26,31). The quantitative estimate of drug-likeness (QED) is 0.329. The number of nitrogens with one attached hydrogen (secondary N) is 2. The van der Waals surface area contributed by atoms with Crippen molar-refractivity contribution in [1.29, 1.82) is 0 Å². The molecular formula is C24H27N5O3S. The summed E-state index contributed by atoms with van der Waals surface area (Å²) in [6.45, 7) is 6.28. The summed E-state index contributed by atoms with van der Waals surface area (Å²) in [6.07, 6.45) is 2.69. The molecule has 0 aliphatic rings. The van der Waals surface area contributed by atoms with Crippen LogP contribution < -0.4 is 15.4 Å². The second-order valence-corrected chi connectivity index (χ2v) is 8.08. The number of nitrogens with zero attached hydrogens (tertiary/aromatic N) is 3. The minimum absolute atomic E-state index is 0.0450. The Balaban J connectivity index is 1.58. The molecule has 9 heteroatoms. The number of methoxy groups -OCH3 is 1. The van der Waals surface area contributed by atoms with Crippen molar-refractivity contribution in [2.24, 2.45) is 0 Å². The Bertz CT molecular complexity index is 1090. The summed E-state index contributed by atoms with van der Waals surface area (Å²) >= 11 is 1.26. The first-order valence-electron chi connectivity index (χ1n) is 10.5. The molecule has 1 heterocycles. The van der Waals surface area contributed by atoms with Gasteiger partial charge in [0, 0.05) is 17.9 Å². The first-order valence-corrected chi connectivity index (χ1v) is 11.5. The third kappa shape index (κ3) is 6.95. The molecule has 0 saturated carbocycles. The first-order chi connectivity index (χ1) is 16.0. The molecule has 3 rings (SSSR count). The minimum Gasteiger partial charge on any atom is -0.497 e. The lowest BCUT2D eigenvalue weighted by atomic mass is 10.1. The summed E-state index contributed by atoms with van der Waals surface area (Å²) in [4.78, 5) is 24.9. The zero-order valence-electron chi connectivity index (χ0n) is 18.7. The van der Waals surface area contributed by atoms with Crippen molar-refractivity contribution in [2.75, 3.05) is 23.5 Å². The van der Waals surface area contributed by atoms with Crippen LogP contribution in [0.5, 0.6) is 5.75 Å². The number of thioether (sulfide) groups is 1. The minimum atomic E-state index is -0.220. The maximum Gasteiger partial charge on any atom is 0.234 e. The molecular weight excluding hydrogens is 438 g/mol. The van der Waals surface area contributed by atoms with Gasteiger partial charge >= 0.3 is 0 Å². The van der Waals surface area contributed by atoms with Crippen molar-refractivity contribution in [3.8, 4) is 5.75 Å². The van der Waals surface area contributed by atoms with Crippen LogP contribution in [0.2, 0.25) is 0 Å². The Morgan fingerprint density at radius 2 is 1.67 bits per heavy atom. The van der Waals surface area contributed by atoms with E-state index >= 15 is 0 Å². The van der Waals surface area contributed by atoms with Crippen LogP contribution in [0, 0.1) is 0 Å². The molecule has 0 atom stereocenters. The summed E-state index contributed by atoms with van der Waals surface area (Å²) < 4.78 is 6.91. The van der Waals surface area contributed by atoms with Crippen molar-refractivity contribution in [3.05, 3.63) is 72.6 Å². The van der Waals surface area contributed by atoms with Crippen LogP contribution in [0.15, 0.2) is 66.3 Å². The van der Waals surface area contributed by atoms with E-state index in [2.05, 4.69) is 34.3 Å². The smallest absolute Gasteiger partial charge is 0.234 e. The van der Waals surface area contributed by atoms with Gasteiger partial charge in [0.1, 0.15) is 11.6 Å². The van der Waals surface area contributed by atoms with Gasteiger partial charge in [-0.05, 0) is 48.4 Å². The van der Waals surface area contributed by atoms with E-state index in [4.69, 9.17) is 4.74 Å². The Morgan fingerprint density at radius 3 is 2.27 bits per heavy atom. The summed E-state index contributed by atoms with van der Waals surface area (Å²) in [5.41, 5.74) is 2.62. The number of benzene rings is 2. The fourth-order valence-corrected chi connectivity index (χ4v) is 3.81. The number of carbonyl (C=O) groups is 2. The number of allylic oxidation sites excluding steroid dienone is 1. The number of hydrogen-bond donors (Lipinski definition) is 2. The normalized spacial score (nSPS) is 10.5.